The highest BCUT2D eigenvalue weighted by molar-refractivity contribution is 5.90. The normalized spacial score (nSPS) is 21.9. The number of aliphatic hydroxyl groups excluding tert-OH is 2. The van der Waals surface area contributed by atoms with Gasteiger partial charge in [-0.3, -0.25) is 0 Å². The molecule has 0 aromatic carbocycles. The Labute approximate surface area is 195 Å². The van der Waals surface area contributed by atoms with Crippen molar-refractivity contribution >= 4 is 5.97 Å². The molecule has 32 heavy (non-hydrogen) atoms. The molecule has 0 aliphatic carbocycles. The predicted octanol–water partition coefficient (Wildman–Crippen LogP) is 5.82. The summed E-state index contributed by atoms with van der Waals surface area (Å²) in [6.45, 7) is 16.3. The van der Waals surface area contributed by atoms with Crippen molar-refractivity contribution in [2.75, 3.05) is 0 Å². The van der Waals surface area contributed by atoms with Crippen LogP contribution < -0.4 is 0 Å². The van der Waals surface area contributed by atoms with Crippen LogP contribution in [0.1, 0.15) is 107 Å². The molecule has 1 rings (SSSR count). The molecule has 0 unspecified atom stereocenters. The number of hydrogen-bond donors (Lipinski definition) is 4. The van der Waals surface area contributed by atoms with Crippen LogP contribution in [0.5, 0.6) is 0 Å². The first-order valence-corrected chi connectivity index (χ1v) is 12.4. The summed E-state index contributed by atoms with van der Waals surface area (Å²) in [5.74, 6) is -1.55. The summed E-state index contributed by atoms with van der Waals surface area (Å²) in [4.78, 5) is 12.4. The van der Waals surface area contributed by atoms with E-state index in [0.717, 1.165) is 0 Å². The van der Waals surface area contributed by atoms with Crippen molar-refractivity contribution in [1.82, 2.24) is 0 Å². The van der Waals surface area contributed by atoms with Gasteiger partial charge < -0.3 is 25.2 Å². The fourth-order valence-electron chi connectivity index (χ4n) is 4.59. The Morgan fingerprint density at radius 1 is 0.750 bits per heavy atom. The molecule has 1 aliphatic heterocycles. The third kappa shape index (κ3) is 6.19. The molecule has 0 radical (unpaired) electrons. The van der Waals surface area contributed by atoms with Crippen molar-refractivity contribution in [2.24, 2.45) is 23.7 Å². The minimum Gasteiger partial charge on any atom is -0.505 e. The Balaban J connectivity index is 3.71. The zero-order chi connectivity index (χ0) is 24.9. The molecule has 2 atom stereocenters. The molecule has 0 aromatic rings. The number of rotatable bonds is 14. The van der Waals surface area contributed by atoms with Crippen LogP contribution in [0.3, 0.4) is 0 Å². The van der Waals surface area contributed by atoms with Crippen LogP contribution in [0.2, 0.25) is 0 Å². The van der Waals surface area contributed by atoms with E-state index in [1.165, 1.54) is 0 Å². The summed E-state index contributed by atoms with van der Waals surface area (Å²) in [5, 5.41) is 45.9. The van der Waals surface area contributed by atoms with Gasteiger partial charge in [-0.2, -0.15) is 0 Å². The van der Waals surface area contributed by atoms with Gasteiger partial charge in [0.15, 0.2) is 5.76 Å². The highest BCUT2D eigenvalue weighted by atomic mass is 16.6. The number of carbonyl (C=O) groups excluding carboxylic acids is 1. The van der Waals surface area contributed by atoms with E-state index in [9.17, 15) is 25.2 Å². The maximum atomic E-state index is 12.4. The van der Waals surface area contributed by atoms with Gasteiger partial charge >= 0.3 is 5.97 Å². The SMILES string of the molecule is CC(C)CCC(O)(CCC(C)C)[C@@](O)(CCC(C)C)[C@@]1(CCC(C)C)OC(=O)C(O)=C1O. The second-order valence-electron chi connectivity index (χ2n) is 11.5. The lowest BCUT2D eigenvalue weighted by Crippen LogP contribution is -2.69. The lowest BCUT2D eigenvalue weighted by atomic mass is 9.61. The first kappa shape index (κ1) is 28.8. The molecule has 0 saturated heterocycles. The molecule has 0 amide bonds. The molecule has 0 fully saturated rings. The van der Waals surface area contributed by atoms with Crippen LogP contribution in [0.15, 0.2) is 11.5 Å². The van der Waals surface area contributed by atoms with E-state index < -0.39 is 34.3 Å². The van der Waals surface area contributed by atoms with Crippen LogP contribution in [0, 0.1) is 23.7 Å². The second-order valence-corrected chi connectivity index (χ2v) is 11.5. The van der Waals surface area contributed by atoms with Crippen LogP contribution >= 0.6 is 0 Å². The topological polar surface area (TPSA) is 107 Å². The van der Waals surface area contributed by atoms with Crippen molar-refractivity contribution in [3.8, 4) is 0 Å². The molecule has 6 nitrogen and oxygen atoms in total. The summed E-state index contributed by atoms with van der Waals surface area (Å²) < 4.78 is 5.66. The number of ether oxygens (including phenoxy) is 1. The van der Waals surface area contributed by atoms with Crippen LogP contribution in [-0.2, 0) is 9.53 Å². The molecular formula is C26H48O6. The number of hydrogen-bond acceptors (Lipinski definition) is 6. The molecule has 0 spiro atoms. The third-order valence-corrected chi connectivity index (χ3v) is 6.93. The predicted molar refractivity (Wildman–Crippen MR) is 127 cm³/mol. The first-order valence-electron chi connectivity index (χ1n) is 12.4. The lowest BCUT2D eigenvalue weighted by Gasteiger charge is -2.53. The number of esters is 1. The van der Waals surface area contributed by atoms with Crippen molar-refractivity contribution in [2.45, 2.75) is 124 Å². The monoisotopic (exact) mass is 456 g/mol. The first-order chi connectivity index (χ1) is 14.6. The molecule has 6 heteroatoms. The van der Waals surface area contributed by atoms with E-state index in [-0.39, 0.29) is 24.7 Å². The van der Waals surface area contributed by atoms with E-state index in [4.69, 9.17) is 4.74 Å². The van der Waals surface area contributed by atoms with Crippen LogP contribution in [0.25, 0.3) is 0 Å². The summed E-state index contributed by atoms with van der Waals surface area (Å²) in [6, 6.07) is 0. The van der Waals surface area contributed by atoms with Gasteiger partial charge in [0, 0.05) is 0 Å². The summed E-state index contributed by atoms with van der Waals surface area (Å²) in [5.41, 5.74) is -5.44. The molecule has 0 bridgehead atoms. The van der Waals surface area contributed by atoms with Gasteiger partial charge in [-0.05, 0) is 75.0 Å². The number of cyclic esters (lactones) is 1. The van der Waals surface area contributed by atoms with Gasteiger partial charge in [-0.25, -0.2) is 4.79 Å². The third-order valence-electron chi connectivity index (χ3n) is 6.93. The number of carbonyl (C=O) groups is 1. The van der Waals surface area contributed by atoms with Crippen LogP contribution in [-0.4, -0.2) is 43.2 Å². The minimum atomic E-state index is -1.95. The highest BCUT2D eigenvalue weighted by Gasteiger charge is 2.68. The van der Waals surface area contributed by atoms with Gasteiger partial charge in [-0.15, -0.1) is 0 Å². The van der Waals surface area contributed by atoms with Crippen molar-refractivity contribution in [3.05, 3.63) is 11.5 Å². The Hall–Kier alpha value is -1.27. The second kappa shape index (κ2) is 11.2. The number of aliphatic hydroxyl groups is 4. The van der Waals surface area contributed by atoms with Gasteiger partial charge in [0.05, 0.1) is 5.60 Å². The molecule has 0 aromatic heterocycles. The molecule has 0 saturated carbocycles. The Bertz CT molecular complexity index is 639. The largest absolute Gasteiger partial charge is 0.505 e. The van der Waals surface area contributed by atoms with Crippen LogP contribution in [0.4, 0.5) is 0 Å². The summed E-state index contributed by atoms with van der Waals surface area (Å²) >= 11 is 0. The summed E-state index contributed by atoms with van der Waals surface area (Å²) in [7, 11) is 0. The summed E-state index contributed by atoms with van der Waals surface area (Å²) in [6.07, 6.45) is 3.32. The molecule has 1 heterocycles. The lowest BCUT2D eigenvalue weighted by molar-refractivity contribution is -0.257. The van der Waals surface area contributed by atoms with Crippen molar-refractivity contribution < 1.29 is 30.0 Å². The quantitative estimate of drug-likeness (QED) is 0.245. The average molecular weight is 457 g/mol. The van der Waals surface area contributed by atoms with Crippen molar-refractivity contribution in [3.63, 3.8) is 0 Å². The molecule has 1 aliphatic rings. The Kier molecular flexibility index (Phi) is 10.1. The fourth-order valence-corrected chi connectivity index (χ4v) is 4.59. The van der Waals surface area contributed by atoms with E-state index >= 15 is 0 Å². The van der Waals surface area contributed by atoms with Crippen molar-refractivity contribution in [1.29, 1.82) is 0 Å². The van der Waals surface area contributed by atoms with E-state index in [1.54, 1.807) is 0 Å². The van der Waals surface area contributed by atoms with Gasteiger partial charge in [0.25, 0.3) is 0 Å². The maximum absolute atomic E-state index is 12.4. The van der Waals surface area contributed by atoms with E-state index in [2.05, 4.69) is 27.7 Å². The fraction of sp³-hybridized carbons (Fsp3) is 0.885. The van der Waals surface area contributed by atoms with Gasteiger partial charge in [0.1, 0.15) is 5.60 Å². The smallest absolute Gasteiger partial charge is 0.378 e. The highest BCUT2D eigenvalue weighted by Crippen LogP contribution is 2.53. The average Bonchev–Trinajstić information content (AvgIpc) is 2.91. The minimum absolute atomic E-state index is 0.118. The Morgan fingerprint density at radius 2 is 1.16 bits per heavy atom. The Morgan fingerprint density at radius 3 is 1.50 bits per heavy atom. The molecule has 4 N–H and O–H groups in total. The van der Waals surface area contributed by atoms with Gasteiger partial charge in [-0.1, -0.05) is 55.4 Å². The van der Waals surface area contributed by atoms with E-state index in [1.807, 2.05) is 27.7 Å². The van der Waals surface area contributed by atoms with E-state index in [0.29, 0.717) is 50.4 Å². The molecule has 188 valence electrons. The zero-order valence-electron chi connectivity index (χ0n) is 21.6. The standard InChI is InChI=1S/C26H48O6/c1-17(2)9-13-24(30,14-10-18(3)4)26(31,16-12-20(7)8)25(15-11-19(5)6)22(28)21(27)23(29)32-25/h17-20,27-28,30-31H,9-16H2,1-8H3/t25-,26-/m0/s1. The molecular weight excluding hydrogens is 408 g/mol. The van der Waals surface area contributed by atoms with Gasteiger partial charge in [0.2, 0.25) is 11.4 Å². The maximum Gasteiger partial charge on any atom is 0.378 e. The zero-order valence-corrected chi connectivity index (χ0v) is 21.6.